The maximum atomic E-state index is 13.4. The van der Waals surface area contributed by atoms with Gasteiger partial charge in [-0.15, -0.1) is 0 Å². The van der Waals surface area contributed by atoms with Crippen LogP contribution < -0.4 is 10.9 Å². The third-order valence-electron chi connectivity index (χ3n) is 6.45. The average molecular weight is 451 g/mol. The van der Waals surface area contributed by atoms with E-state index in [0.29, 0.717) is 28.2 Å². The molecule has 0 unspecified atom stereocenters. The number of carbonyl (C=O) groups is 1. The molecule has 0 aliphatic heterocycles. The van der Waals surface area contributed by atoms with Gasteiger partial charge >= 0.3 is 0 Å². The van der Waals surface area contributed by atoms with Crippen LogP contribution in [0.1, 0.15) is 80.6 Å². The van der Waals surface area contributed by atoms with Crippen LogP contribution in [0, 0.1) is 11.3 Å². The molecule has 1 aromatic heterocycles. The predicted molar refractivity (Wildman–Crippen MR) is 128 cm³/mol. The first-order valence-electron chi connectivity index (χ1n) is 11.7. The number of amides is 1. The molecule has 1 heterocycles. The van der Waals surface area contributed by atoms with Gasteiger partial charge in [0.15, 0.2) is 5.16 Å². The van der Waals surface area contributed by atoms with Gasteiger partial charge < -0.3 is 5.32 Å². The molecule has 4 rings (SSSR count). The van der Waals surface area contributed by atoms with E-state index in [4.69, 9.17) is 10.2 Å². The second-order valence-electron chi connectivity index (χ2n) is 8.65. The van der Waals surface area contributed by atoms with Gasteiger partial charge in [-0.05, 0) is 63.1 Å². The summed E-state index contributed by atoms with van der Waals surface area (Å²) in [5, 5.41) is 13.2. The van der Waals surface area contributed by atoms with Crippen LogP contribution in [0.4, 0.5) is 0 Å². The number of hydrogen-bond acceptors (Lipinski definition) is 5. The molecule has 0 spiro atoms. The van der Waals surface area contributed by atoms with E-state index < -0.39 is 0 Å². The molecule has 1 saturated carbocycles. The fourth-order valence-corrected chi connectivity index (χ4v) is 5.48. The number of rotatable bonds is 7. The Morgan fingerprint density at radius 3 is 2.81 bits per heavy atom. The van der Waals surface area contributed by atoms with Crippen LogP contribution in [-0.4, -0.2) is 27.8 Å². The smallest absolute Gasteiger partial charge is 0.262 e. The normalized spacial score (nSPS) is 17.0. The van der Waals surface area contributed by atoms with E-state index in [2.05, 4.69) is 17.5 Å². The highest BCUT2D eigenvalue weighted by atomic mass is 32.2. The molecule has 1 aromatic carbocycles. The third kappa shape index (κ3) is 5.24. The van der Waals surface area contributed by atoms with Crippen molar-refractivity contribution in [1.82, 2.24) is 14.9 Å². The standard InChI is InChI=1S/C25H30N4O2S/c26-14-16-32-25-28-22-17-19(23(30)27-15-13-18-7-3-1-4-8-18)11-12-21(22)24(31)29(25)20-9-5-2-6-10-20/h7,11-12,17,20H,1-6,8-10,13,15-16H2,(H,27,30). The van der Waals surface area contributed by atoms with Crippen molar-refractivity contribution in [3.05, 3.63) is 45.8 Å². The summed E-state index contributed by atoms with van der Waals surface area (Å²) in [7, 11) is 0. The lowest BCUT2D eigenvalue weighted by molar-refractivity contribution is 0.0954. The van der Waals surface area contributed by atoms with Crippen molar-refractivity contribution < 1.29 is 4.79 Å². The molecule has 2 aliphatic rings. The molecule has 1 N–H and O–H groups in total. The van der Waals surface area contributed by atoms with Gasteiger partial charge in [-0.3, -0.25) is 14.2 Å². The summed E-state index contributed by atoms with van der Waals surface area (Å²) in [6.07, 6.45) is 13.3. The number of hydrogen-bond donors (Lipinski definition) is 1. The highest BCUT2D eigenvalue weighted by Crippen LogP contribution is 2.31. The van der Waals surface area contributed by atoms with Gasteiger partial charge in [0.2, 0.25) is 0 Å². The SMILES string of the molecule is N#CCSc1nc2cc(C(=O)NCCC3=CCCCC3)ccc2c(=O)n1C1CCCCC1. The monoisotopic (exact) mass is 450 g/mol. The summed E-state index contributed by atoms with van der Waals surface area (Å²) in [5.41, 5.74) is 2.39. The van der Waals surface area contributed by atoms with E-state index in [1.807, 2.05) is 0 Å². The van der Waals surface area contributed by atoms with Crippen molar-refractivity contribution in [2.45, 2.75) is 75.4 Å². The van der Waals surface area contributed by atoms with Crippen LogP contribution in [0.5, 0.6) is 0 Å². The zero-order valence-corrected chi connectivity index (χ0v) is 19.3. The Kier molecular flexibility index (Phi) is 7.64. The number of nitrogens with zero attached hydrogens (tertiary/aromatic N) is 3. The number of thioether (sulfide) groups is 1. The van der Waals surface area contributed by atoms with Gasteiger partial charge in [0.05, 0.1) is 22.7 Å². The first-order valence-corrected chi connectivity index (χ1v) is 12.7. The summed E-state index contributed by atoms with van der Waals surface area (Å²) in [5.74, 6) is 0.0912. The van der Waals surface area contributed by atoms with Crippen molar-refractivity contribution in [2.75, 3.05) is 12.3 Å². The molecular weight excluding hydrogens is 420 g/mol. The van der Waals surface area contributed by atoms with Crippen molar-refractivity contribution in [3.8, 4) is 6.07 Å². The lowest BCUT2D eigenvalue weighted by Gasteiger charge is -2.26. The lowest BCUT2D eigenvalue weighted by Crippen LogP contribution is -2.29. The molecule has 0 atom stereocenters. The van der Waals surface area contributed by atoms with Gasteiger partial charge in [0.25, 0.3) is 11.5 Å². The third-order valence-corrected chi connectivity index (χ3v) is 7.27. The summed E-state index contributed by atoms with van der Waals surface area (Å²) in [6.45, 7) is 0.614. The van der Waals surface area contributed by atoms with Crippen LogP contribution >= 0.6 is 11.8 Å². The van der Waals surface area contributed by atoms with E-state index in [1.165, 1.54) is 36.6 Å². The van der Waals surface area contributed by atoms with Gasteiger partial charge in [-0.2, -0.15) is 5.26 Å². The van der Waals surface area contributed by atoms with Gasteiger partial charge in [0.1, 0.15) is 0 Å². The minimum Gasteiger partial charge on any atom is -0.352 e. The quantitative estimate of drug-likeness (QED) is 0.359. The zero-order valence-electron chi connectivity index (χ0n) is 18.4. The Bertz CT molecular complexity index is 1110. The summed E-state index contributed by atoms with van der Waals surface area (Å²) in [4.78, 5) is 30.8. The number of fused-ring (bicyclic) bond motifs is 1. The van der Waals surface area contributed by atoms with Crippen molar-refractivity contribution in [2.24, 2.45) is 0 Å². The summed E-state index contributed by atoms with van der Waals surface area (Å²) >= 11 is 1.30. The predicted octanol–water partition coefficient (Wildman–Crippen LogP) is 5.14. The first kappa shape index (κ1) is 22.6. The topological polar surface area (TPSA) is 87.8 Å². The molecule has 2 aliphatic carbocycles. The van der Waals surface area contributed by atoms with E-state index in [-0.39, 0.29) is 23.3 Å². The second kappa shape index (κ2) is 10.8. The maximum absolute atomic E-state index is 13.4. The van der Waals surface area contributed by atoms with Crippen LogP contribution in [-0.2, 0) is 0 Å². The van der Waals surface area contributed by atoms with E-state index in [1.54, 1.807) is 22.8 Å². The van der Waals surface area contributed by atoms with Gasteiger partial charge in [0, 0.05) is 18.2 Å². The average Bonchev–Trinajstić information content (AvgIpc) is 2.83. The molecule has 6 nitrogen and oxygen atoms in total. The molecule has 168 valence electrons. The number of aromatic nitrogens is 2. The fraction of sp³-hybridized carbons (Fsp3) is 0.520. The van der Waals surface area contributed by atoms with Crippen molar-refractivity contribution in [1.29, 1.82) is 5.26 Å². The van der Waals surface area contributed by atoms with E-state index in [0.717, 1.165) is 44.9 Å². The number of nitrogens with one attached hydrogen (secondary N) is 1. The van der Waals surface area contributed by atoms with Gasteiger partial charge in [-0.1, -0.05) is 42.7 Å². The van der Waals surface area contributed by atoms with Crippen molar-refractivity contribution >= 4 is 28.6 Å². The Hall–Kier alpha value is -2.59. The molecular formula is C25H30N4O2S. The highest BCUT2D eigenvalue weighted by Gasteiger charge is 2.22. The van der Waals surface area contributed by atoms with Gasteiger partial charge in [-0.25, -0.2) is 4.98 Å². The van der Waals surface area contributed by atoms with E-state index in [9.17, 15) is 9.59 Å². The molecule has 0 bridgehead atoms. The number of benzene rings is 1. The maximum Gasteiger partial charge on any atom is 0.262 e. The number of allylic oxidation sites excluding steroid dienone is 1. The minimum absolute atomic E-state index is 0.0708. The summed E-state index contributed by atoms with van der Waals surface area (Å²) < 4.78 is 1.79. The Balaban J connectivity index is 1.57. The minimum atomic E-state index is -0.146. The van der Waals surface area contributed by atoms with Crippen LogP contribution in [0.15, 0.2) is 39.8 Å². The molecule has 0 radical (unpaired) electrons. The zero-order chi connectivity index (χ0) is 22.3. The van der Waals surface area contributed by atoms with Crippen LogP contribution in [0.25, 0.3) is 10.9 Å². The highest BCUT2D eigenvalue weighted by molar-refractivity contribution is 7.99. The number of carbonyl (C=O) groups excluding carboxylic acids is 1. The van der Waals surface area contributed by atoms with Crippen LogP contribution in [0.2, 0.25) is 0 Å². The summed E-state index contributed by atoms with van der Waals surface area (Å²) in [6, 6.07) is 7.41. The second-order valence-corrected chi connectivity index (χ2v) is 9.60. The molecule has 2 aromatic rings. The Morgan fingerprint density at radius 2 is 2.06 bits per heavy atom. The Morgan fingerprint density at radius 1 is 1.22 bits per heavy atom. The molecule has 7 heteroatoms. The Labute approximate surface area is 193 Å². The van der Waals surface area contributed by atoms with E-state index >= 15 is 0 Å². The molecule has 32 heavy (non-hydrogen) atoms. The number of nitriles is 1. The lowest BCUT2D eigenvalue weighted by atomic mass is 9.95. The molecule has 1 amide bonds. The largest absolute Gasteiger partial charge is 0.352 e. The van der Waals surface area contributed by atoms with Crippen LogP contribution in [0.3, 0.4) is 0 Å². The van der Waals surface area contributed by atoms with Crippen molar-refractivity contribution in [3.63, 3.8) is 0 Å². The molecule has 0 saturated heterocycles. The fourth-order valence-electron chi connectivity index (χ4n) is 4.75. The molecule has 1 fully saturated rings. The first-order chi connectivity index (χ1) is 15.7.